The third-order valence-electron chi connectivity index (χ3n) is 1.78. The van der Waals surface area contributed by atoms with E-state index in [0.717, 1.165) is 6.07 Å². The highest BCUT2D eigenvalue weighted by Crippen LogP contribution is 2.16. The molecule has 0 spiro atoms. The lowest BCUT2D eigenvalue weighted by Gasteiger charge is -2.09. The first-order valence-electron chi connectivity index (χ1n) is 4.72. The molecule has 0 amide bonds. The van der Waals surface area contributed by atoms with Gasteiger partial charge < -0.3 is 10.1 Å². The number of rotatable bonds is 5. The first kappa shape index (κ1) is 13.7. The van der Waals surface area contributed by atoms with Crippen molar-refractivity contribution in [2.24, 2.45) is 0 Å². The van der Waals surface area contributed by atoms with E-state index in [1.807, 2.05) is 0 Å². The van der Waals surface area contributed by atoms with E-state index in [9.17, 15) is 22.0 Å². The van der Waals surface area contributed by atoms with Crippen molar-refractivity contribution in [2.45, 2.75) is 6.18 Å². The Morgan fingerprint density at radius 3 is 2.53 bits per heavy atom. The second kappa shape index (κ2) is 5.81. The summed E-state index contributed by atoms with van der Waals surface area (Å²) in [5.74, 6) is -2.09. The number of ether oxygens (including phenoxy) is 1. The molecule has 0 atom stereocenters. The molecule has 1 rings (SSSR count). The highest BCUT2D eigenvalue weighted by Gasteiger charge is 2.27. The molecule has 2 nitrogen and oxygen atoms in total. The van der Waals surface area contributed by atoms with Gasteiger partial charge in [-0.05, 0) is 12.1 Å². The summed E-state index contributed by atoms with van der Waals surface area (Å²) in [5.41, 5.74) is -0.111. The van der Waals surface area contributed by atoms with E-state index in [-0.39, 0.29) is 18.8 Å². The molecule has 0 heterocycles. The molecule has 17 heavy (non-hydrogen) atoms. The summed E-state index contributed by atoms with van der Waals surface area (Å²) in [5, 5.41) is 2.43. The van der Waals surface area contributed by atoms with E-state index in [1.165, 1.54) is 12.1 Å². The number of anilines is 1. The average molecular weight is 255 g/mol. The molecular formula is C10H10F5NO. The third kappa shape index (κ3) is 4.99. The molecule has 0 aliphatic rings. The average Bonchev–Trinajstić information content (AvgIpc) is 2.22. The topological polar surface area (TPSA) is 21.3 Å². The van der Waals surface area contributed by atoms with Crippen LogP contribution in [0.15, 0.2) is 18.2 Å². The molecule has 0 saturated carbocycles. The zero-order chi connectivity index (χ0) is 12.9. The predicted octanol–water partition coefficient (Wildman–Crippen LogP) is 2.96. The van der Waals surface area contributed by atoms with Crippen molar-refractivity contribution in [3.05, 3.63) is 29.8 Å². The lowest BCUT2D eigenvalue weighted by molar-refractivity contribution is -0.172. The van der Waals surface area contributed by atoms with Crippen LogP contribution in [0.3, 0.4) is 0 Å². The fraction of sp³-hybridized carbons (Fsp3) is 0.400. The SMILES string of the molecule is Fc1cccc(NCCOCC(F)(F)F)c1F. The van der Waals surface area contributed by atoms with E-state index in [4.69, 9.17) is 0 Å². The van der Waals surface area contributed by atoms with Gasteiger partial charge in [-0.25, -0.2) is 8.78 Å². The highest BCUT2D eigenvalue weighted by atomic mass is 19.4. The van der Waals surface area contributed by atoms with Crippen molar-refractivity contribution >= 4 is 5.69 Å². The van der Waals surface area contributed by atoms with Crippen molar-refractivity contribution < 1.29 is 26.7 Å². The van der Waals surface area contributed by atoms with Crippen LogP contribution in [0.1, 0.15) is 0 Å². The van der Waals surface area contributed by atoms with Crippen LogP contribution >= 0.6 is 0 Å². The Labute approximate surface area is 94.4 Å². The summed E-state index contributed by atoms with van der Waals surface area (Å²) >= 11 is 0. The Morgan fingerprint density at radius 2 is 1.88 bits per heavy atom. The van der Waals surface area contributed by atoms with Gasteiger partial charge in [0.15, 0.2) is 11.6 Å². The number of benzene rings is 1. The Kier molecular flexibility index (Phi) is 4.68. The van der Waals surface area contributed by atoms with Gasteiger partial charge in [0.25, 0.3) is 0 Å². The summed E-state index contributed by atoms with van der Waals surface area (Å²) in [7, 11) is 0. The standard InChI is InChI=1S/C10H10F5NO/c11-7-2-1-3-8(9(7)12)16-4-5-17-6-10(13,14)15/h1-3,16H,4-6H2. The van der Waals surface area contributed by atoms with Gasteiger partial charge in [-0.1, -0.05) is 6.07 Å². The minimum absolute atomic E-state index is 0.0452. The van der Waals surface area contributed by atoms with Gasteiger partial charge >= 0.3 is 6.18 Å². The maximum absolute atomic E-state index is 13.0. The third-order valence-corrected chi connectivity index (χ3v) is 1.78. The molecule has 0 fully saturated rings. The lowest BCUT2D eigenvalue weighted by Crippen LogP contribution is -2.20. The smallest absolute Gasteiger partial charge is 0.380 e. The molecule has 0 unspecified atom stereocenters. The number of nitrogens with one attached hydrogen (secondary N) is 1. The zero-order valence-electron chi connectivity index (χ0n) is 8.65. The molecule has 1 aromatic carbocycles. The molecule has 1 aromatic rings. The van der Waals surface area contributed by atoms with Crippen molar-refractivity contribution in [1.29, 1.82) is 0 Å². The normalized spacial score (nSPS) is 11.6. The van der Waals surface area contributed by atoms with E-state index in [2.05, 4.69) is 10.1 Å². The molecule has 1 N–H and O–H groups in total. The Bertz CT molecular complexity index is 366. The van der Waals surface area contributed by atoms with Crippen molar-refractivity contribution in [3.8, 4) is 0 Å². The molecule has 0 aromatic heterocycles. The monoisotopic (exact) mass is 255 g/mol. The first-order valence-corrected chi connectivity index (χ1v) is 4.72. The van der Waals surface area contributed by atoms with Crippen LogP contribution in [0.5, 0.6) is 0 Å². The molecule has 0 aliphatic heterocycles. The van der Waals surface area contributed by atoms with Crippen LogP contribution in [0, 0.1) is 11.6 Å². The second-order valence-electron chi connectivity index (χ2n) is 3.20. The molecule has 7 heteroatoms. The van der Waals surface area contributed by atoms with E-state index in [0.29, 0.717) is 0 Å². The zero-order valence-corrected chi connectivity index (χ0v) is 8.65. The van der Waals surface area contributed by atoms with Crippen LogP contribution in [-0.2, 0) is 4.74 Å². The fourth-order valence-electron chi connectivity index (χ4n) is 1.09. The van der Waals surface area contributed by atoms with Crippen molar-refractivity contribution in [3.63, 3.8) is 0 Å². The maximum Gasteiger partial charge on any atom is 0.411 e. The van der Waals surface area contributed by atoms with Gasteiger partial charge in [-0.15, -0.1) is 0 Å². The largest absolute Gasteiger partial charge is 0.411 e. The summed E-state index contributed by atoms with van der Waals surface area (Å²) in [6.45, 7) is -1.66. The molecule has 96 valence electrons. The van der Waals surface area contributed by atoms with Crippen LogP contribution < -0.4 is 5.32 Å². The van der Waals surface area contributed by atoms with Gasteiger partial charge in [0.1, 0.15) is 6.61 Å². The van der Waals surface area contributed by atoms with E-state index < -0.39 is 24.4 Å². The van der Waals surface area contributed by atoms with Gasteiger partial charge in [-0.3, -0.25) is 0 Å². The van der Waals surface area contributed by atoms with Crippen LogP contribution in [0.2, 0.25) is 0 Å². The number of hydrogen-bond donors (Lipinski definition) is 1. The van der Waals surface area contributed by atoms with E-state index in [1.54, 1.807) is 0 Å². The quantitative estimate of drug-likeness (QED) is 0.645. The molecule has 0 saturated heterocycles. The molecular weight excluding hydrogens is 245 g/mol. The summed E-state index contributed by atoms with van der Waals surface area (Å²) in [6, 6.07) is 3.51. The van der Waals surface area contributed by atoms with Crippen LogP contribution in [0.4, 0.5) is 27.6 Å². The van der Waals surface area contributed by atoms with Gasteiger partial charge in [-0.2, -0.15) is 13.2 Å². The summed E-state index contributed by atoms with van der Waals surface area (Å²) in [4.78, 5) is 0. The van der Waals surface area contributed by atoms with Crippen LogP contribution in [0.25, 0.3) is 0 Å². The van der Waals surface area contributed by atoms with Gasteiger partial charge in [0.2, 0.25) is 0 Å². The van der Waals surface area contributed by atoms with Crippen molar-refractivity contribution in [2.75, 3.05) is 25.1 Å². The van der Waals surface area contributed by atoms with Gasteiger partial charge in [0, 0.05) is 6.54 Å². The predicted molar refractivity (Wildman–Crippen MR) is 51.7 cm³/mol. The Morgan fingerprint density at radius 1 is 1.18 bits per heavy atom. The fourth-order valence-corrected chi connectivity index (χ4v) is 1.09. The summed E-state index contributed by atoms with van der Waals surface area (Å²) < 4.78 is 65.0. The summed E-state index contributed by atoms with van der Waals surface area (Å²) in [6.07, 6.45) is -4.38. The maximum atomic E-state index is 13.0. The Hall–Kier alpha value is -1.37. The van der Waals surface area contributed by atoms with Crippen LogP contribution in [-0.4, -0.2) is 25.9 Å². The Balaban J connectivity index is 2.29. The minimum Gasteiger partial charge on any atom is -0.380 e. The van der Waals surface area contributed by atoms with Gasteiger partial charge in [0.05, 0.1) is 12.3 Å². The number of alkyl halides is 3. The first-order chi connectivity index (χ1) is 7.90. The van der Waals surface area contributed by atoms with E-state index >= 15 is 0 Å². The molecule has 0 bridgehead atoms. The number of hydrogen-bond acceptors (Lipinski definition) is 2. The highest BCUT2D eigenvalue weighted by molar-refractivity contribution is 5.44. The minimum atomic E-state index is -4.38. The molecule has 0 radical (unpaired) electrons. The lowest BCUT2D eigenvalue weighted by atomic mass is 10.3. The number of halogens is 5. The molecule has 0 aliphatic carbocycles. The van der Waals surface area contributed by atoms with Crippen molar-refractivity contribution in [1.82, 2.24) is 0 Å². The second-order valence-corrected chi connectivity index (χ2v) is 3.20.